The summed E-state index contributed by atoms with van der Waals surface area (Å²) in [5, 5.41) is 12.3. The van der Waals surface area contributed by atoms with Gasteiger partial charge in [-0.05, 0) is 61.6 Å². The molecular formula is C21H22FNO4. The Morgan fingerprint density at radius 3 is 2.30 bits per heavy atom. The second-order valence-electron chi connectivity index (χ2n) is 6.94. The van der Waals surface area contributed by atoms with E-state index in [0.29, 0.717) is 37.3 Å². The van der Waals surface area contributed by atoms with E-state index in [9.17, 15) is 19.1 Å². The molecule has 0 saturated carbocycles. The minimum Gasteiger partial charge on any atom is -0.478 e. The van der Waals surface area contributed by atoms with Crippen molar-refractivity contribution in [2.45, 2.75) is 32.1 Å². The van der Waals surface area contributed by atoms with Crippen LogP contribution in [0.2, 0.25) is 0 Å². The number of benzene rings is 2. The van der Waals surface area contributed by atoms with Crippen LogP contribution < -0.4 is 5.32 Å². The highest BCUT2D eigenvalue weighted by molar-refractivity contribution is 6.01. The van der Waals surface area contributed by atoms with E-state index >= 15 is 0 Å². The van der Waals surface area contributed by atoms with E-state index in [-0.39, 0.29) is 17.3 Å². The number of carboxylic acid groups (broad SMARTS) is 1. The molecule has 1 amide bonds. The topological polar surface area (TPSA) is 75.6 Å². The third-order valence-electron chi connectivity index (χ3n) is 5.23. The molecule has 0 radical (unpaired) electrons. The van der Waals surface area contributed by atoms with Gasteiger partial charge in [-0.15, -0.1) is 0 Å². The Kier molecular flexibility index (Phi) is 5.28. The molecule has 27 heavy (non-hydrogen) atoms. The zero-order chi connectivity index (χ0) is 19.6. The quantitative estimate of drug-likeness (QED) is 0.857. The lowest BCUT2D eigenvalue weighted by Crippen LogP contribution is -2.45. The monoisotopic (exact) mass is 371 g/mol. The third kappa shape index (κ3) is 3.71. The number of anilines is 1. The second kappa shape index (κ2) is 7.48. The number of hydrogen-bond acceptors (Lipinski definition) is 3. The van der Waals surface area contributed by atoms with Crippen LogP contribution in [0.3, 0.4) is 0 Å². The summed E-state index contributed by atoms with van der Waals surface area (Å²) in [5.74, 6) is -1.63. The molecule has 3 rings (SSSR count). The first-order valence-electron chi connectivity index (χ1n) is 8.83. The molecule has 142 valence electrons. The number of hydrogen-bond donors (Lipinski definition) is 2. The van der Waals surface area contributed by atoms with Crippen molar-refractivity contribution in [2.75, 3.05) is 18.5 Å². The van der Waals surface area contributed by atoms with Crippen LogP contribution in [0.4, 0.5) is 10.1 Å². The molecule has 0 atom stereocenters. The fourth-order valence-corrected chi connectivity index (χ4v) is 3.59. The van der Waals surface area contributed by atoms with E-state index in [1.165, 1.54) is 18.2 Å². The van der Waals surface area contributed by atoms with Crippen LogP contribution in [0.5, 0.6) is 0 Å². The molecule has 1 heterocycles. The summed E-state index contributed by atoms with van der Waals surface area (Å²) in [5.41, 5.74) is 1.93. The molecule has 0 unspecified atom stereocenters. The number of aryl methyl sites for hydroxylation is 2. The predicted octanol–water partition coefficient (Wildman–Crippen LogP) is 3.83. The molecule has 0 aliphatic carbocycles. The van der Waals surface area contributed by atoms with Gasteiger partial charge in [0.05, 0.1) is 11.0 Å². The lowest BCUT2D eigenvalue weighted by molar-refractivity contribution is -0.125. The van der Waals surface area contributed by atoms with Gasteiger partial charge in [0.2, 0.25) is 5.91 Å². The van der Waals surface area contributed by atoms with Crippen LogP contribution >= 0.6 is 0 Å². The number of rotatable bonds is 4. The van der Waals surface area contributed by atoms with Crippen molar-refractivity contribution in [3.05, 3.63) is 64.5 Å². The van der Waals surface area contributed by atoms with Crippen LogP contribution in [0.15, 0.2) is 36.4 Å². The van der Waals surface area contributed by atoms with Gasteiger partial charge in [-0.25, -0.2) is 9.18 Å². The van der Waals surface area contributed by atoms with E-state index in [1.807, 2.05) is 6.92 Å². The van der Waals surface area contributed by atoms with Gasteiger partial charge in [0.25, 0.3) is 0 Å². The van der Waals surface area contributed by atoms with Gasteiger partial charge in [0, 0.05) is 18.9 Å². The van der Waals surface area contributed by atoms with E-state index in [4.69, 9.17) is 4.74 Å². The third-order valence-corrected chi connectivity index (χ3v) is 5.23. The Morgan fingerprint density at radius 2 is 1.70 bits per heavy atom. The number of aromatic carboxylic acids is 1. The van der Waals surface area contributed by atoms with Crippen LogP contribution in [0, 0.1) is 19.7 Å². The molecule has 0 bridgehead atoms. The highest BCUT2D eigenvalue weighted by Gasteiger charge is 2.42. The molecule has 6 heteroatoms. The highest BCUT2D eigenvalue weighted by atomic mass is 19.1. The number of carbonyl (C=O) groups is 2. The maximum atomic E-state index is 13.4. The molecule has 2 aromatic rings. The molecule has 0 spiro atoms. The van der Waals surface area contributed by atoms with Gasteiger partial charge in [0.1, 0.15) is 5.82 Å². The van der Waals surface area contributed by atoms with Crippen molar-refractivity contribution >= 4 is 17.6 Å². The van der Waals surface area contributed by atoms with E-state index in [1.54, 1.807) is 25.1 Å². The van der Waals surface area contributed by atoms with E-state index in [0.717, 1.165) is 11.1 Å². The first-order chi connectivity index (χ1) is 12.8. The minimum atomic E-state index is -1.04. The van der Waals surface area contributed by atoms with E-state index < -0.39 is 11.4 Å². The molecular weight excluding hydrogens is 349 g/mol. The smallest absolute Gasteiger partial charge is 0.336 e. The van der Waals surface area contributed by atoms with Crippen molar-refractivity contribution < 1.29 is 23.8 Å². The normalized spacial score (nSPS) is 16.0. The minimum absolute atomic E-state index is 0.152. The standard InChI is InChI=1S/C21H22FNO4/c1-13-11-14(2)18(12-17(13)19(24)25)23-20(26)21(7-9-27-10-8-21)15-3-5-16(22)6-4-15/h3-6,11-12H,7-10H2,1-2H3,(H,23,26)(H,24,25). The van der Waals surface area contributed by atoms with Gasteiger partial charge >= 0.3 is 5.97 Å². The first kappa shape index (κ1) is 19.0. The van der Waals surface area contributed by atoms with E-state index in [2.05, 4.69) is 5.32 Å². The van der Waals surface area contributed by atoms with Crippen LogP contribution in [0.25, 0.3) is 0 Å². The number of amides is 1. The van der Waals surface area contributed by atoms with Gasteiger partial charge in [0.15, 0.2) is 0 Å². The summed E-state index contributed by atoms with van der Waals surface area (Å²) < 4.78 is 18.8. The van der Waals surface area contributed by atoms with Crippen molar-refractivity contribution in [3.8, 4) is 0 Å². The number of carbonyl (C=O) groups excluding carboxylic acids is 1. The summed E-state index contributed by atoms with van der Waals surface area (Å²) in [6.45, 7) is 4.40. The Balaban J connectivity index is 1.98. The van der Waals surface area contributed by atoms with Crippen LogP contribution in [0.1, 0.15) is 39.9 Å². The Morgan fingerprint density at radius 1 is 1.07 bits per heavy atom. The highest BCUT2D eigenvalue weighted by Crippen LogP contribution is 2.37. The lowest BCUT2D eigenvalue weighted by atomic mass is 9.73. The average Bonchev–Trinajstić information content (AvgIpc) is 2.64. The van der Waals surface area contributed by atoms with Crippen molar-refractivity contribution in [2.24, 2.45) is 0 Å². The summed E-state index contributed by atoms with van der Waals surface area (Å²) in [6, 6.07) is 9.19. The lowest BCUT2D eigenvalue weighted by Gasteiger charge is -2.36. The van der Waals surface area contributed by atoms with Crippen molar-refractivity contribution in [1.29, 1.82) is 0 Å². The van der Waals surface area contributed by atoms with Gasteiger partial charge < -0.3 is 15.2 Å². The maximum absolute atomic E-state index is 13.4. The SMILES string of the molecule is Cc1cc(C)c(C(=O)O)cc1NC(=O)C1(c2ccc(F)cc2)CCOCC1. The molecule has 5 nitrogen and oxygen atoms in total. The zero-order valence-electron chi connectivity index (χ0n) is 15.3. The molecule has 1 saturated heterocycles. The fourth-order valence-electron chi connectivity index (χ4n) is 3.59. The number of halogens is 1. The second-order valence-corrected chi connectivity index (χ2v) is 6.94. The molecule has 2 N–H and O–H groups in total. The van der Waals surface area contributed by atoms with Crippen molar-refractivity contribution in [1.82, 2.24) is 0 Å². The molecule has 1 aliphatic rings. The fraction of sp³-hybridized carbons (Fsp3) is 0.333. The van der Waals surface area contributed by atoms with Gasteiger partial charge in [-0.2, -0.15) is 0 Å². The summed E-state index contributed by atoms with van der Waals surface area (Å²) in [6.07, 6.45) is 0.947. The maximum Gasteiger partial charge on any atom is 0.336 e. The van der Waals surface area contributed by atoms with Gasteiger partial charge in [-0.1, -0.05) is 18.2 Å². The number of ether oxygens (including phenoxy) is 1. The summed E-state index contributed by atoms with van der Waals surface area (Å²) in [4.78, 5) is 24.7. The average molecular weight is 371 g/mol. The molecule has 1 fully saturated rings. The predicted molar refractivity (Wildman–Crippen MR) is 99.6 cm³/mol. The summed E-state index contributed by atoms with van der Waals surface area (Å²) in [7, 11) is 0. The molecule has 1 aliphatic heterocycles. The summed E-state index contributed by atoms with van der Waals surface area (Å²) >= 11 is 0. The van der Waals surface area contributed by atoms with Gasteiger partial charge in [-0.3, -0.25) is 4.79 Å². The van der Waals surface area contributed by atoms with Crippen molar-refractivity contribution in [3.63, 3.8) is 0 Å². The zero-order valence-corrected chi connectivity index (χ0v) is 15.3. The number of nitrogens with one attached hydrogen (secondary N) is 1. The molecule has 0 aromatic heterocycles. The Bertz CT molecular complexity index is 870. The number of carboxylic acids is 1. The van der Waals surface area contributed by atoms with Crippen LogP contribution in [-0.4, -0.2) is 30.2 Å². The largest absolute Gasteiger partial charge is 0.478 e. The first-order valence-corrected chi connectivity index (χ1v) is 8.83. The van der Waals surface area contributed by atoms with Crippen LogP contribution in [-0.2, 0) is 14.9 Å². The Hall–Kier alpha value is -2.73. The molecule has 2 aromatic carbocycles. The Labute approximate surface area is 157 Å².